The highest BCUT2D eigenvalue weighted by Crippen LogP contribution is 2.34. The number of carbonyl (C=O) groups is 1. The molecule has 4 nitrogen and oxygen atoms in total. The second-order valence-corrected chi connectivity index (χ2v) is 5.51. The van der Waals surface area contributed by atoms with Crippen LogP contribution in [0.4, 0.5) is 13.2 Å². The quantitative estimate of drug-likeness (QED) is 0.931. The summed E-state index contributed by atoms with van der Waals surface area (Å²) in [5, 5.41) is 9.02. The van der Waals surface area contributed by atoms with Gasteiger partial charge in [-0.3, -0.25) is 4.90 Å². The minimum absolute atomic E-state index is 0.214. The number of carboxylic acids is 1. The fourth-order valence-corrected chi connectivity index (χ4v) is 3.04. The molecular formula is C11H13F3N2O2S. The number of thiazole rings is 1. The maximum Gasteiger partial charge on any atom is 0.435 e. The third-order valence-corrected chi connectivity index (χ3v) is 3.97. The molecule has 0 aliphatic carbocycles. The predicted octanol–water partition coefficient (Wildman–Crippen LogP) is 2.85. The van der Waals surface area contributed by atoms with Crippen LogP contribution in [0, 0.1) is 0 Å². The van der Waals surface area contributed by atoms with Gasteiger partial charge in [-0.05, 0) is 25.9 Å². The SMILES string of the molecule is O=C(O)c1sc(CN2CCCCC2)nc1C(F)(F)F. The standard InChI is InChI=1S/C11H13F3N2O2S/c12-11(13,14)9-8(10(17)18)19-7(15-9)6-16-4-2-1-3-5-16/h1-6H2,(H,17,18). The molecule has 1 aromatic heterocycles. The molecule has 0 unspecified atom stereocenters. The van der Waals surface area contributed by atoms with Crippen LogP contribution in [0.15, 0.2) is 0 Å². The predicted molar refractivity (Wildman–Crippen MR) is 63.2 cm³/mol. The molecule has 0 atom stereocenters. The van der Waals surface area contributed by atoms with Gasteiger partial charge in [0.05, 0.1) is 6.54 Å². The maximum absolute atomic E-state index is 12.7. The Balaban J connectivity index is 2.20. The smallest absolute Gasteiger partial charge is 0.435 e. The summed E-state index contributed by atoms with van der Waals surface area (Å²) >= 11 is 0.616. The van der Waals surface area contributed by atoms with Crippen LogP contribution >= 0.6 is 11.3 Å². The molecule has 0 saturated carbocycles. The second kappa shape index (κ2) is 5.46. The Hall–Kier alpha value is -1.15. The minimum atomic E-state index is -4.72. The van der Waals surface area contributed by atoms with E-state index in [9.17, 15) is 18.0 Å². The van der Waals surface area contributed by atoms with Crippen LogP contribution in [0.5, 0.6) is 0 Å². The molecule has 2 heterocycles. The molecule has 1 aliphatic heterocycles. The van der Waals surface area contributed by atoms with Crippen molar-refractivity contribution in [1.82, 2.24) is 9.88 Å². The third-order valence-electron chi connectivity index (χ3n) is 2.94. The molecule has 19 heavy (non-hydrogen) atoms. The van der Waals surface area contributed by atoms with Gasteiger partial charge in [0.1, 0.15) is 9.88 Å². The van der Waals surface area contributed by atoms with E-state index in [1.807, 2.05) is 4.90 Å². The van der Waals surface area contributed by atoms with E-state index in [0.29, 0.717) is 17.9 Å². The van der Waals surface area contributed by atoms with Crippen LogP contribution in [0.2, 0.25) is 0 Å². The van der Waals surface area contributed by atoms with E-state index in [1.165, 1.54) is 0 Å². The van der Waals surface area contributed by atoms with Crippen LogP contribution in [0.1, 0.15) is 39.6 Å². The zero-order valence-corrected chi connectivity index (χ0v) is 10.9. The van der Waals surface area contributed by atoms with Gasteiger partial charge in [0, 0.05) is 0 Å². The Kier molecular flexibility index (Phi) is 4.10. The van der Waals surface area contributed by atoms with Gasteiger partial charge in [-0.1, -0.05) is 6.42 Å². The van der Waals surface area contributed by atoms with Crippen LogP contribution in [-0.2, 0) is 12.7 Å². The van der Waals surface area contributed by atoms with Gasteiger partial charge in [-0.15, -0.1) is 11.3 Å². The molecule has 0 bridgehead atoms. The lowest BCUT2D eigenvalue weighted by Gasteiger charge is -2.25. The maximum atomic E-state index is 12.7. The van der Waals surface area contributed by atoms with Crippen molar-refractivity contribution in [2.45, 2.75) is 32.0 Å². The number of nitrogens with zero attached hydrogens (tertiary/aromatic N) is 2. The zero-order chi connectivity index (χ0) is 14.0. The molecule has 1 aliphatic rings. The van der Waals surface area contributed by atoms with Crippen LogP contribution in [0.3, 0.4) is 0 Å². The van der Waals surface area contributed by atoms with Gasteiger partial charge in [0.2, 0.25) is 0 Å². The van der Waals surface area contributed by atoms with Gasteiger partial charge in [-0.25, -0.2) is 9.78 Å². The molecule has 0 spiro atoms. The van der Waals surface area contributed by atoms with Crippen molar-refractivity contribution in [3.05, 3.63) is 15.6 Å². The molecule has 106 valence electrons. The molecule has 2 rings (SSSR count). The van der Waals surface area contributed by atoms with Crippen molar-refractivity contribution < 1.29 is 23.1 Å². The summed E-state index contributed by atoms with van der Waals surface area (Å²) in [6, 6.07) is 0. The Morgan fingerprint density at radius 2 is 1.95 bits per heavy atom. The first kappa shape index (κ1) is 14.3. The fraction of sp³-hybridized carbons (Fsp3) is 0.636. The molecular weight excluding hydrogens is 281 g/mol. The molecule has 0 radical (unpaired) electrons. The van der Waals surface area contributed by atoms with Crippen molar-refractivity contribution >= 4 is 17.3 Å². The summed E-state index contributed by atoms with van der Waals surface area (Å²) in [5.41, 5.74) is -1.28. The molecule has 1 fully saturated rings. The molecule has 0 amide bonds. The molecule has 0 aromatic carbocycles. The van der Waals surface area contributed by atoms with E-state index in [2.05, 4.69) is 4.98 Å². The number of aromatic carboxylic acids is 1. The van der Waals surface area contributed by atoms with Crippen molar-refractivity contribution in [1.29, 1.82) is 0 Å². The van der Waals surface area contributed by atoms with Crippen molar-refractivity contribution in [2.75, 3.05) is 13.1 Å². The van der Waals surface area contributed by atoms with E-state index >= 15 is 0 Å². The molecule has 1 saturated heterocycles. The second-order valence-electron chi connectivity index (χ2n) is 4.43. The van der Waals surface area contributed by atoms with E-state index in [-0.39, 0.29) is 5.01 Å². The Labute approximate surface area is 111 Å². The summed E-state index contributed by atoms with van der Waals surface area (Å²) < 4.78 is 38.0. The molecule has 8 heteroatoms. The highest BCUT2D eigenvalue weighted by Gasteiger charge is 2.39. The summed E-state index contributed by atoms with van der Waals surface area (Å²) in [4.78, 5) is 15.6. The van der Waals surface area contributed by atoms with E-state index in [4.69, 9.17) is 5.11 Å². The van der Waals surface area contributed by atoms with Crippen LogP contribution in [0.25, 0.3) is 0 Å². The van der Waals surface area contributed by atoms with E-state index < -0.39 is 22.7 Å². The monoisotopic (exact) mass is 294 g/mol. The number of likely N-dealkylation sites (tertiary alicyclic amines) is 1. The Morgan fingerprint density at radius 1 is 1.32 bits per heavy atom. The summed E-state index contributed by atoms with van der Waals surface area (Å²) in [5.74, 6) is -1.57. The number of aromatic nitrogens is 1. The first-order valence-electron chi connectivity index (χ1n) is 5.90. The minimum Gasteiger partial charge on any atom is -0.477 e. The average molecular weight is 294 g/mol. The van der Waals surface area contributed by atoms with Gasteiger partial charge in [0.25, 0.3) is 0 Å². The van der Waals surface area contributed by atoms with E-state index in [0.717, 1.165) is 32.4 Å². The third kappa shape index (κ3) is 3.44. The number of carboxylic acid groups (broad SMARTS) is 1. The Morgan fingerprint density at radius 3 is 2.42 bits per heavy atom. The van der Waals surface area contributed by atoms with Gasteiger partial charge < -0.3 is 5.11 Å². The zero-order valence-electron chi connectivity index (χ0n) is 10.0. The number of piperidine rings is 1. The van der Waals surface area contributed by atoms with E-state index in [1.54, 1.807) is 0 Å². The Bertz CT molecular complexity index is 467. The molecule has 1 N–H and O–H groups in total. The van der Waals surface area contributed by atoms with Crippen LogP contribution < -0.4 is 0 Å². The van der Waals surface area contributed by atoms with Crippen molar-refractivity contribution in [3.8, 4) is 0 Å². The van der Waals surface area contributed by atoms with Crippen molar-refractivity contribution in [3.63, 3.8) is 0 Å². The number of alkyl halides is 3. The number of rotatable bonds is 3. The first-order valence-corrected chi connectivity index (χ1v) is 6.72. The number of hydrogen-bond acceptors (Lipinski definition) is 4. The van der Waals surface area contributed by atoms with Gasteiger partial charge >= 0.3 is 12.1 Å². The lowest BCUT2D eigenvalue weighted by Crippen LogP contribution is -2.29. The van der Waals surface area contributed by atoms with Gasteiger partial charge in [-0.2, -0.15) is 13.2 Å². The number of halogens is 3. The summed E-state index contributed by atoms with van der Waals surface area (Å²) in [7, 11) is 0. The summed E-state index contributed by atoms with van der Waals surface area (Å²) in [6.45, 7) is 1.94. The normalized spacial score (nSPS) is 17.6. The molecule has 1 aromatic rings. The highest BCUT2D eigenvalue weighted by atomic mass is 32.1. The highest BCUT2D eigenvalue weighted by molar-refractivity contribution is 7.13. The lowest BCUT2D eigenvalue weighted by molar-refractivity contribution is -0.141. The van der Waals surface area contributed by atoms with Gasteiger partial charge in [0.15, 0.2) is 5.69 Å². The first-order chi connectivity index (χ1) is 8.88. The number of hydrogen-bond donors (Lipinski definition) is 1. The average Bonchev–Trinajstić information content (AvgIpc) is 2.74. The van der Waals surface area contributed by atoms with Crippen molar-refractivity contribution in [2.24, 2.45) is 0 Å². The van der Waals surface area contributed by atoms with Crippen LogP contribution in [-0.4, -0.2) is 34.0 Å². The fourth-order valence-electron chi connectivity index (χ4n) is 2.08. The largest absolute Gasteiger partial charge is 0.477 e. The summed E-state index contributed by atoms with van der Waals surface area (Å²) in [6.07, 6.45) is -1.56. The lowest BCUT2D eigenvalue weighted by atomic mass is 10.1. The topological polar surface area (TPSA) is 53.4 Å².